The summed E-state index contributed by atoms with van der Waals surface area (Å²) in [4.78, 5) is 20.4. The van der Waals surface area contributed by atoms with Crippen molar-refractivity contribution in [3.8, 4) is 0 Å². The van der Waals surface area contributed by atoms with E-state index >= 15 is 0 Å². The Hall–Kier alpha value is -3.00. The van der Waals surface area contributed by atoms with Crippen LogP contribution in [0, 0.1) is 0 Å². The number of aliphatic hydroxyl groups is 1. The number of halogens is 2. The lowest BCUT2D eigenvalue weighted by Crippen LogP contribution is -2.36. The summed E-state index contributed by atoms with van der Waals surface area (Å²) in [7, 11) is 0. The second-order valence-electron chi connectivity index (χ2n) is 6.72. The fraction of sp³-hybridized carbons (Fsp3) is 0.300. The minimum absolute atomic E-state index is 0.0816. The highest BCUT2D eigenvalue weighted by molar-refractivity contribution is 6.16. The molecule has 1 aromatic carbocycles. The maximum Gasteiger partial charge on any atom is 0.331 e. The van der Waals surface area contributed by atoms with Gasteiger partial charge in [-0.25, -0.2) is 0 Å². The molecule has 0 aliphatic heterocycles. The Morgan fingerprint density at radius 1 is 1.39 bits per heavy atom. The van der Waals surface area contributed by atoms with Gasteiger partial charge in [0.1, 0.15) is 0 Å². The normalized spacial score (nSPS) is 19.9. The number of Topliss-reactive ketones (excluding diaryl/α,β-unsaturated/α-hetero) is 1. The molecule has 3 N–H and O–H groups in total. The third kappa shape index (κ3) is 3.82. The number of alkyl halides is 2. The van der Waals surface area contributed by atoms with E-state index in [0.29, 0.717) is 17.7 Å². The Bertz CT molecular complexity index is 942. The van der Waals surface area contributed by atoms with Gasteiger partial charge in [0.25, 0.3) is 0 Å². The summed E-state index contributed by atoms with van der Waals surface area (Å²) >= 11 is 0. The molecular weight excluding hydrogens is 366 g/mol. The quantitative estimate of drug-likeness (QED) is 0.468. The summed E-state index contributed by atoms with van der Waals surface area (Å²) in [5, 5.41) is 13.2. The molecule has 2 unspecified atom stereocenters. The number of nitrogens with zero attached hydrogens (tertiary/aromatic N) is 3. The van der Waals surface area contributed by atoms with Gasteiger partial charge in [-0.2, -0.15) is 13.9 Å². The molecule has 2 atom stereocenters. The van der Waals surface area contributed by atoms with Crippen molar-refractivity contribution in [3.63, 3.8) is 0 Å². The maximum absolute atomic E-state index is 14.6. The molecule has 1 aromatic heterocycles. The van der Waals surface area contributed by atoms with E-state index in [2.05, 4.69) is 15.1 Å². The third-order valence-electron chi connectivity index (χ3n) is 4.75. The van der Waals surface area contributed by atoms with E-state index < -0.39 is 23.7 Å². The van der Waals surface area contributed by atoms with Crippen molar-refractivity contribution in [1.29, 1.82) is 0 Å². The average Bonchev–Trinajstić information content (AvgIpc) is 2.66. The topological polar surface area (TPSA) is 101 Å². The smallest absolute Gasteiger partial charge is 0.331 e. The molecular formula is C20H20F2N4O2. The molecule has 3 rings (SSSR count). The van der Waals surface area contributed by atoms with E-state index in [0.717, 1.165) is 5.56 Å². The molecule has 0 fully saturated rings. The zero-order valence-electron chi connectivity index (χ0n) is 15.2. The van der Waals surface area contributed by atoms with Gasteiger partial charge in [0, 0.05) is 24.4 Å². The van der Waals surface area contributed by atoms with Crippen LogP contribution in [0.4, 0.5) is 14.5 Å². The summed E-state index contributed by atoms with van der Waals surface area (Å²) < 4.78 is 29.3. The first kappa shape index (κ1) is 19.8. The highest BCUT2D eigenvalue weighted by atomic mass is 19.3. The van der Waals surface area contributed by atoms with E-state index in [1.165, 1.54) is 25.4 Å². The fourth-order valence-electron chi connectivity index (χ4n) is 3.52. The highest BCUT2D eigenvalue weighted by Gasteiger charge is 2.49. The molecule has 0 radical (unpaired) electrons. The maximum atomic E-state index is 14.6. The van der Waals surface area contributed by atoms with Crippen molar-refractivity contribution >= 4 is 23.9 Å². The fourth-order valence-corrected chi connectivity index (χ4v) is 3.52. The van der Waals surface area contributed by atoms with E-state index in [-0.39, 0.29) is 17.5 Å². The number of pyridine rings is 1. The molecule has 0 bridgehead atoms. The van der Waals surface area contributed by atoms with Crippen LogP contribution >= 0.6 is 0 Å². The van der Waals surface area contributed by atoms with Crippen LogP contribution in [0.2, 0.25) is 0 Å². The first-order chi connectivity index (χ1) is 13.3. The zero-order valence-corrected chi connectivity index (χ0v) is 15.2. The number of ketones is 1. The first-order valence-corrected chi connectivity index (χ1v) is 8.77. The van der Waals surface area contributed by atoms with Crippen LogP contribution < -0.4 is 5.84 Å². The standard InChI is InChI=1S/C20H20F2N4O2/c1-12(27)16-3-2-4-17-14(9-18(28)20(21,22)19(16)17)7-13-8-15(11-24-10-13)25-5-6-26-23/h2-6,8,10-12,14,27H,7,9,23H2,1H3. The largest absolute Gasteiger partial charge is 0.389 e. The SMILES string of the molecule is CC(O)c1cccc2c1C(F)(F)C(=O)CC2Cc1cncc(N=CC=NN)c1. The monoisotopic (exact) mass is 386 g/mol. The van der Waals surface area contributed by atoms with Crippen LogP contribution in [0.5, 0.6) is 0 Å². The number of fused-ring (bicyclic) bond motifs is 1. The second kappa shape index (κ2) is 7.93. The van der Waals surface area contributed by atoms with Gasteiger partial charge in [-0.3, -0.25) is 14.8 Å². The van der Waals surface area contributed by atoms with Gasteiger partial charge < -0.3 is 10.9 Å². The van der Waals surface area contributed by atoms with E-state index in [1.54, 1.807) is 30.6 Å². The summed E-state index contributed by atoms with van der Waals surface area (Å²) in [5.41, 5.74) is 1.41. The van der Waals surface area contributed by atoms with Crippen molar-refractivity contribution in [2.75, 3.05) is 0 Å². The van der Waals surface area contributed by atoms with Crippen LogP contribution in [0.3, 0.4) is 0 Å². The number of aliphatic imine (C=N–C) groups is 1. The Morgan fingerprint density at radius 3 is 2.89 bits per heavy atom. The molecule has 6 nitrogen and oxygen atoms in total. The Kier molecular flexibility index (Phi) is 5.60. The number of hydrogen-bond donors (Lipinski definition) is 2. The average molecular weight is 386 g/mol. The Morgan fingerprint density at radius 2 is 2.18 bits per heavy atom. The molecule has 28 heavy (non-hydrogen) atoms. The number of carbonyl (C=O) groups excluding carboxylic acids is 1. The Balaban J connectivity index is 1.98. The highest BCUT2D eigenvalue weighted by Crippen LogP contribution is 2.46. The van der Waals surface area contributed by atoms with E-state index in [1.807, 2.05) is 0 Å². The molecule has 0 saturated heterocycles. The summed E-state index contributed by atoms with van der Waals surface area (Å²) in [6.45, 7) is 1.41. The lowest BCUT2D eigenvalue weighted by molar-refractivity contribution is -0.146. The molecule has 0 spiro atoms. The summed E-state index contributed by atoms with van der Waals surface area (Å²) in [6.07, 6.45) is 4.86. The van der Waals surface area contributed by atoms with Gasteiger partial charge >= 0.3 is 5.92 Å². The van der Waals surface area contributed by atoms with Crippen LogP contribution in [0.15, 0.2) is 46.8 Å². The summed E-state index contributed by atoms with van der Waals surface area (Å²) in [6, 6.07) is 6.43. The van der Waals surface area contributed by atoms with Crippen molar-refractivity contribution < 1.29 is 18.7 Å². The molecule has 1 aliphatic rings. The van der Waals surface area contributed by atoms with Crippen LogP contribution in [-0.2, 0) is 17.1 Å². The number of benzene rings is 1. The molecule has 8 heteroatoms. The number of aliphatic hydroxyl groups excluding tert-OH is 1. The predicted octanol–water partition coefficient (Wildman–Crippen LogP) is 3.17. The van der Waals surface area contributed by atoms with Crippen LogP contribution in [-0.4, -0.2) is 28.3 Å². The van der Waals surface area contributed by atoms with Crippen molar-refractivity contribution in [3.05, 3.63) is 58.9 Å². The Labute approximate surface area is 160 Å². The van der Waals surface area contributed by atoms with Crippen LogP contribution in [0.25, 0.3) is 0 Å². The molecule has 1 heterocycles. The lowest BCUT2D eigenvalue weighted by atomic mass is 9.75. The van der Waals surface area contributed by atoms with E-state index in [9.17, 15) is 18.7 Å². The predicted molar refractivity (Wildman–Crippen MR) is 102 cm³/mol. The van der Waals surface area contributed by atoms with Crippen molar-refractivity contribution in [2.45, 2.75) is 37.7 Å². The van der Waals surface area contributed by atoms with Crippen molar-refractivity contribution in [1.82, 2.24) is 4.98 Å². The number of aromatic nitrogens is 1. The zero-order chi connectivity index (χ0) is 20.3. The van der Waals surface area contributed by atoms with Gasteiger partial charge in [0.15, 0.2) is 0 Å². The molecule has 146 valence electrons. The number of hydrazone groups is 1. The lowest BCUT2D eigenvalue weighted by Gasteiger charge is -2.32. The van der Waals surface area contributed by atoms with Gasteiger partial charge in [-0.15, -0.1) is 0 Å². The number of hydrogen-bond acceptors (Lipinski definition) is 6. The van der Waals surface area contributed by atoms with Gasteiger partial charge in [-0.1, -0.05) is 18.2 Å². The minimum Gasteiger partial charge on any atom is -0.389 e. The van der Waals surface area contributed by atoms with Gasteiger partial charge in [0.2, 0.25) is 5.78 Å². The second-order valence-corrected chi connectivity index (χ2v) is 6.72. The van der Waals surface area contributed by atoms with Gasteiger partial charge in [0.05, 0.1) is 24.2 Å². The number of nitrogens with two attached hydrogens (primary N) is 1. The molecule has 1 aliphatic carbocycles. The molecule has 0 amide bonds. The number of carbonyl (C=O) groups is 1. The van der Waals surface area contributed by atoms with E-state index in [4.69, 9.17) is 5.84 Å². The van der Waals surface area contributed by atoms with Gasteiger partial charge in [-0.05, 0) is 42.0 Å². The molecule has 0 saturated carbocycles. The van der Waals surface area contributed by atoms with Crippen LogP contribution in [0.1, 0.15) is 47.6 Å². The third-order valence-corrected chi connectivity index (χ3v) is 4.75. The van der Waals surface area contributed by atoms with Crippen molar-refractivity contribution in [2.24, 2.45) is 15.9 Å². The summed E-state index contributed by atoms with van der Waals surface area (Å²) in [5.74, 6) is -0.171. The molecule has 2 aromatic rings. The minimum atomic E-state index is -3.61. The number of rotatable bonds is 5. The first-order valence-electron chi connectivity index (χ1n) is 8.77.